The van der Waals surface area contributed by atoms with E-state index in [2.05, 4.69) is 24.5 Å². The van der Waals surface area contributed by atoms with E-state index in [1.165, 1.54) is 0 Å². The molecule has 0 aliphatic heterocycles. The summed E-state index contributed by atoms with van der Waals surface area (Å²) < 4.78 is 0. The summed E-state index contributed by atoms with van der Waals surface area (Å²) >= 11 is 0. The second-order valence-electron chi connectivity index (χ2n) is 4.69. The number of aliphatic hydroxyl groups is 1. The van der Waals surface area contributed by atoms with Gasteiger partial charge in [0.2, 0.25) is 5.91 Å². The molecule has 0 aromatic heterocycles. The van der Waals surface area contributed by atoms with Crippen LogP contribution in [0, 0.1) is 5.41 Å². The van der Waals surface area contributed by atoms with Crippen molar-refractivity contribution >= 4 is 5.91 Å². The van der Waals surface area contributed by atoms with Crippen LogP contribution in [-0.2, 0) is 4.79 Å². The van der Waals surface area contributed by atoms with Gasteiger partial charge in [0.05, 0.1) is 6.54 Å². The average molecular weight is 230 g/mol. The van der Waals surface area contributed by atoms with Crippen molar-refractivity contribution in [2.24, 2.45) is 5.41 Å². The number of nitrogens with one attached hydrogen (secondary N) is 2. The number of rotatable bonds is 8. The van der Waals surface area contributed by atoms with Gasteiger partial charge in [-0.05, 0) is 26.7 Å². The molecule has 1 amide bonds. The molecule has 0 radical (unpaired) electrons. The summed E-state index contributed by atoms with van der Waals surface area (Å²) in [5.41, 5.74) is -0.0852. The van der Waals surface area contributed by atoms with Gasteiger partial charge in [-0.2, -0.15) is 0 Å². The first-order valence-corrected chi connectivity index (χ1v) is 6.10. The van der Waals surface area contributed by atoms with Crippen molar-refractivity contribution in [2.75, 3.05) is 19.7 Å². The maximum absolute atomic E-state index is 11.4. The second kappa shape index (κ2) is 7.63. The van der Waals surface area contributed by atoms with Crippen LogP contribution in [0.4, 0.5) is 0 Å². The highest BCUT2D eigenvalue weighted by Crippen LogP contribution is 2.24. The SMILES string of the molecule is CCC(CC)(CO)CNCC(=O)NC(C)C. The van der Waals surface area contributed by atoms with E-state index < -0.39 is 0 Å². The zero-order chi connectivity index (χ0) is 12.6. The minimum absolute atomic E-state index is 0.00838. The standard InChI is InChI=1S/C12H26N2O2/c1-5-12(6-2,9-15)8-13-7-11(16)14-10(3)4/h10,13,15H,5-9H2,1-4H3,(H,14,16). The second-order valence-corrected chi connectivity index (χ2v) is 4.69. The van der Waals surface area contributed by atoms with Gasteiger partial charge in [-0.1, -0.05) is 13.8 Å². The van der Waals surface area contributed by atoms with E-state index >= 15 is 0 Å². The maximum Gasteiger partial charge on any atom is 0.234 e. The lowest BCUT2D eigenvalue weighted by molar-refractivity contribution is -0.120. The lowest BCUT2D eigenvalue weighted by atomic mass is 9.83. The van der Waals surface area contributed by atoms with E-state index in [1.54, 1.807) is 0 Å². The van der Waals surface area contributed by atoms with Crippen molar-refractivity contribution in [2.45, 2.75) is 46.6 Å². The van der Waals surface area contributed by atoms with Crippen LogP contribution >= 0.6 is 0 Å². The minimum atomic E-state index is -0.0852. The molecule has 4 nitrogen and oxygen atoms in total. The van der Waals surface area contributed by atoms with Gasteiger partial charge in [-0.25, -0.2) is 0 Å². The predicted molar refractivity (Wildman–Crippen MR) is 66.2 cm³/mol. The van der Waals surface area contributed by atoms with Gasteiger partial charge in [0.25, 0.3) is 0 Å². The summed E-state index contributed by atoms with van der Waals surface area (Å²) in [7, 11) is 0. The van der Waals surface area contributed by atoms with Crippen molar-refractivity contribution in [1.82, 2.24) is 10.6 Å². The smallest absolute Gasteiger partial charge is 0.234 e. The number of carbonyl (C=O) groups excluding carboxylic acids is 1. The summed E-state index contributed by atoms with van der Waals surface area (Å²) in [5, 5.41) is 15.3. The summed E-state index contributed by atoms with van der Waals surface area (Å²) in [5.74, 6) is 0.00838. The zero-order valence-corrected chi connectivity index (χ0v) is 11.0. The largest absolute Gasteiger partial charge is 0.396 e. The van der Waals surface area contributed by atoms with Gasteiger partial charge in [-0.3, -0.25) is 4.79 Å². The molecule has 96 valence electrons. The highest BCUT2D eigenvalue weighted by molar-refractivity contribution is 5.78. The van der Waals surface area contributed by atoms with Crippen LogP contribution in [0.3, 0.4) is 0 Å². The van der Waals surface area contributed by atoms with E-state index in [4.69, 9.17) is 0 Å². The summed E-state index contributed by atoms with van der Waals surface area (Å²) in [6.07, 6.45) is 1.83. The number of carbonyl (C=O) groups is 1. The molecular weight excluding hydrogens is 204 g/mol. The molecule has 0 atom stereocenters. The molecule has 0 unspecified atom stereocenters. The van der Waals surface area contributed by atoms with E-state index in [-0.39, 0.29) is 24.0 Å². The topological polar surface area (TPSA) is 61.4 Å². The van der Waals surface area contributed by atoms with Gasteiger partial charge in [-0.15, -0.1) is 0 Å². The van der Waals surface area contributed by atoms with Crippen molar-refractivity contribution < 1.29 is 9.90 Å². The average Bonchev–Trinajstić information content (AvgIpc) is 2.24. The van der Waals surface area contributed by atoms with Crippen molar-refractivity contribution in [3.63, 3.8) is 0 Å². The van der Waals surface area contributed by atoms with Crippen LogP contribution in [0.15, 0.2) is 0 Å². The summed E-state index contributed by atoms with van der Waals surface area (Å²) in [6.45, 7) is 9.17. The molecule has 0 bridgehead atoms. The number of hydrogen-bond acceptors (Lipinski definition) is 3. The van der Waals surface area contributed by atoms with Crippen molar-refractivity contribution in [1.29, 1.82) is 0 Å². The van der Waals surface area contributed by atoms with Crippen LogP contribution in [0.25, 0.3) is 0 Å². The Bertz CT molecular complexity index is 193. The van der Waals surface area contributed by atoms with Crippen LogP contribution in [0.2, 0.25) is 0 Å². The Balaban J connectivity index is 3.91. The van der Waals surface area contributed by atoms with Crippen LogP contribution < -0.4 is 10.6 Å². The Morgan fingerprint density at radius 2 is 1.88 bits per heavy atom. The van der Waals surface area contributed by atoms with Gasteiger partial charge >= 0.3 is 0 Å². The summed E-state index contributed by atoms with van der Waals surface area (Å²) in [4.78, 5) is 11.4. The lowest BCUT2D eigenvalue weighted by Gasteiger charge is -2.29. The number of hydrogen-bond donors (Lipinski definition) is 3. The predicted octanol–water partition coefficient (Wildman–Crippen LogP) is 0.899. The normalized spacial score (nSPS) is 11.9. The molecule has 0 aliphatic rings. The quantitative estimate of drug-likeness (QED) is 0.580. The molecule has 0 aromatic rings. The monoisotopic (exact) mass is 230 g/mol. The molecule has 0 heterocycles. The zero-order valence-electron chi connectivity index (χ0n) is 11.0. The number of aliphatic hydroxyl groups excluding tert-OH is 1. The first-order chi connectivity index (χ1) is 7.49. The van der Waals surface area contributed by atoms with Crippen molar-refractivity contribution in [3.8, 4) is 0 Å². The molecule has 16 heavy (non-hydrogen) atoms. The third-order valence-corrected chi connectivity index (χ3v) is 3.07. The van der Waals surface area contributed by atoms with Gasteiger partial charge in [0.15, 0.2) is 0 Å². The molecule has 0 rings (SSSR count). The molecule has 0 aliphatic carbocycles. The highest BCUT2D eigenvalue weighted by Gasteiger charge is 2.24. The van der Waals surface area contributed by atoms with Crippen LogP contribution in [-0.4, -0.2) is 36.8 Å². The summed E-state index contributed by atoms with van der Waals surface area (Å²) in [6, 6.07) is 0.175. The first-order valence-electron chi connectivity index (χ1n) is 6.10. The van der Waals surface area contributed by atoms with Crippen molar-refractivity contribution in [3.05, 3.63) is 0 Å². The maximum atomic E-state index is 11.4. The molecule has 0 fully saturated rings. The minimum Gasteiger partial charge on any atom is -0.396 e. The van der Waals surface area contributed by atoms with Gasteiger partial charge in [0, 0.05) is 24.6 Å². The molecule has 0 aromatic carbocycles. The fraction of sp³-hybridized carbons (Fsp3) is 0.917. The highest BCUT2D eigenvalue weighted by atomic mass is 16.3. The molecule has 0 spiro atoms. The third-order valence-electron chi connectivity index (χ3n) is 3.07. The van der Waals surface area contributed by atoms with E-state index in [9.17, 15) is 9.90 Å². The van der Waals surface area contributed by atoms with Crippen LogP contribution in [0.1, 0.15) is 40.5 Å². The Hall–Kier alpha value is -0.610. The fourth-order valence-electron chi connectivity index (χ4n) is 1.59. The molecular formula is C12H26N2O2. The Morgan fingerprint density at radius 3 is 2.25 bits per heavy atom. The molecule has 4 heteroatoms. The first kappa shape index (κ1) is 15.4. The molecule has 0 saturated heterocycles. The lowest BCUT2D eigenvalue weighted by Crippen LogP contribution is -2.43. The fourth-order valence-corrected chi connectivity index (χ4v) is 1.59. The number of amides is 1. The van der Waals surface area contributed by atoms with E-state index in [0.717, 1.165) is 12.8 Å². The van der Waals surface area contributed by atoms with Gasteiger partial charge in [0.1, 0.15) is 0 Å². The van der Waals surface area contributed by atoms with E-state index in [0.29, 0.717) is 13.1 Å². The molecule has 0 saturated carbocycles. The Labute approximate surface area is 98.8 Å². The Kier molecular flexibility index (Phi) is 7.34. The van der Waals surface area contributed by atoms with E-state index in [1.807, 2.05) is 13.8 Å². The third kappa shape index (κ3) is 5.47. The van der Waals surface area contributed by atoms with Gasteiger partial charge < -0.3 is 15.7 Å². The molecule has 3 N–H and O–H groups in total. The van der Waals surface area contributed by atoms with Crippen LogP contribution in [0.5, 0.6) is 0 Å². The Morgan fingerprint density at radius 1 is 1.31 bits per heavy atom.